The van der Waals surface area contributed by atoms with E-state index >= 15 is 0 Å². The van der Waals surface area contributed by atoms with E-state index in [0.29, 0.717) is 16.8 Å². The van der Waals surface area contributed by atoms with Crippen LogP contribution in [0.2, 0.25) is 0 Å². The second-order valence-electron chi connectivity index (χ2n) is 4.34. The summed E-state index contributed by atoms with van der Waals surface area (Å²) in [7, 11) is 0. The number of rotatable bonds is 3. The summed E-state index contributed by atoms with van der Waals surface area (Å²) in [5, 5.41) is 3.40. The van der Waals surface area contributed by atoms with Gasteiger partial charge in [-0.3, -0.25) is 4.79 Å². The third-order valence-corrected chi connectivity index (χ3v) is 3.75. The summed E-state index contributed by atoms with van der Waals surface area (Å²) in [4.78, 5) is 22.2. The number of carbonyl (C=O) groups is 1. The van der Waals surface area contributed by atoms with Gasteiger partial charge in [0.05, 0.1) is 5.25 Å². The molecule has 0 bridgehead atoms. The van der Waals surface area contributed by atoms with Crippen molar-refractivity contribution >= 4 is 29.3 Å². The Morgan fingerprint density at radius 1 is 1.37 bits per heavy atom. The third-order valence-electron chi connectivity index (χ3n) is 2.80. The number of hydrogen-bond acceptors (Lipinski definition) is 7. The van der Waals surface area contributed by atoms with Crippen LogP contribution in [-0.4, -0.2) is 52.2 Å². The van der Waals surface area contributed by atoms with Crippen LogP contribution >= 0.6 is 11.8 Å². The molecule has 8 heteroatoms. The van der Waals surface area contributed by atoms with Gasteiger partial charge in [0.15, 0.2) is 5.16 Å². The van der Waals surface area contributed by atoms with Crippen molar-refractivity contribution in [2.45, 2.75) is 17.3 Å². The number of nitrogen functional groups attached to an aromatic ring is 2. The van der Waals surface area contributed by atoms with E-state index in [1.165, 1.54) is 17.8 Å². The molecule has 7 nitrogen and oxygen atoms in total. The summed E-state index contributed by atoms with van der Waals surface area (Å²) >= 11 is 1.28. The molecule has 19 heavy (non-hydrogen) atoms. The number of thioether (sulfide) groups is 1. The van der Waals surface area contributed by atoms with Crippen molar-refractivity contribution in [3.8, 4) is 0 Å². The van der Waals surface area contributed by atoms with Gasteiger partial charge in [-0.1, -0.05) is 11.8 Å². The normalized spacial score (nSPS) is 17.2. The van der Waals surface area contributed by atoms with Crippen molar-refractivity contribution in [1.29, 1.82) is 0 Å². The first-order valence-electron chi connectivity index (χ1n) is 6.12. The summed E-state index contributed by atoms with van der Waals surface area (Å²) in [6, 6.07) is 1.49. The van der Waals surface area contributed by atoms with Crippen LogP contribution in [0.5, 0.6) is 0 Å². The molecule has 1 atom stereocenters. The highest BCUT2D eigenvalue weighted by Crippen LogP contribution is 2.22. The zero-order valence-corrected chi connectivity index (χ0v) is 11.6. The zero-order valence-electron chi connectivity index (χ0n) is 10.8. The van der Waals surface area contributed by atoms with Gasteiger partial charge in [0.25, 0.3) is 0 Å². The molecule has 0 aliphatic carbocycles. The van der Waals surface area contributed by atoms with Gasteiger partial charge < -0.3 is 21.7 Å². The van der Waals surface area contributed by atoms with Gasteiger partial charge in [-0.2, -0.15) is 0 Å². The molecule has 0 spiro atoms. The van der Waals surface area contributed by atoms with Crippen molar-refractivity contribution in [1.82, 2.24) is 20.2 Å². The third kappa shape index (κ3) is 3.71. The van der Waals surface area contributed by atoms with Crippen molar-refractivity contribution in [3.05, 3.63) is 6.07 Å². The quantitative estimate of drug-likeness (QED) is 0.509. The Labute approximate surface area is 116 Å². The van der Waals surface area contributed by atoms with Crippen LogP contribution in [-0.2, 0) is 4.79 Å². The number of amides is 1. The van der Waals surface area contributed by atoms with Crippen LogP contribution in [0.1, 0.15) is 6.92 Å². The van der Waals surface area contributed by atoms with Gasteiger partial charge in [0, 0.05) is 32.2 Å². The van der Waals surface area contributed by atoms with Crippen LogP contribution in [0.3, 0.4) is 0 Å². The van der Waals surface area contributed by atoms with Crippen molar-refractivity contribution in [2.24, 2.45) is 0 Å². The number of piperazine rings is 1. The second-order valence-corrected chi connectivity index (χ2v) is 5.64. The maximum atomic E-state index is 12.2. The molecule has 1 aromatic rings. The lowest BCUT2D eigenvalue weighted by molar-refractivity contribution is -0.130. The molecule has 1 aliphatic heterocycles. The molecule has 1 saturated heterocycles. The molecule has 1 fully saturated rings. The van der Waals surface area contributed by atoms with Crippen LogP contribution in [0.25, 0.3) is 0 Å². The van der Waals surface area contributed by atoms with Crippen molar-refractivity contribution in [2.75, 3.05) is 37.6 Å². The first-order chi connectivity index (χ1) is 9.06. The fourth-order valence-corrected chi connectivity index (χ4v) is 2.75. The Morgan fingerprint density at radius 2 is 1.95 bits per heavy atom. The molecule has 2 heterocycles. The predicted octanol–water partition coefficient (Wildman–Crippen LogP) is -0.447. The standard InChI is InChI=1S/C11H18N6OS/c1-7(10(18)17-4-2-14-3-5-17)19-11-15-8(12)6-9(13)16-11/h6-7,14H,2-5H2,1H3,(H4,12,13,15,16). The number of nitrogens with two attached hydrogens (primary N) is 2. The van der Waals surface area contributed by atoms with Crippen molar-refractivity contribution in [3.63, 3.8) is 0 Å². The van der Waals surface area contributed by atoms with Gasteiger partial charge in [0.2, 0.25) is 5.91 Å². The summed E-state index contributed by atoms with van der Waals surface area (Å²) in [5.41, 5.74) is 11.2. The Balaban J connectivity index is 1.99. The number of nitrogens with one attached hydrogen (secondary N) is 1. The molecule has 0 aromatic carbocycles. The summed E-state index contributed by atoms with van der Waals surface area (Å²) in [5.74, 6) is 0.727. The minimum absolute atomic E-state index is 0.0936. The highest BCUT2D eigenvalue weighted by Gasteiger charge is 2.23. The molecule has 0 saturated carbocycles. The summed E-state index contributed by atoms with van der Waals surface area (Å²) in [6.45, 7) is 5.00. The minimum atomic E-state index is -0.251. The SMILES string of the molecule is CC(Sc1nc(N)cc(N)n1)C(=O)N1CCNCC1. The lowest BCUT2D eigenvalue weighted by Gasteiger charge is -2.29. The number of carbonyl (C=O) groups excluding carboxylic acids is 1. The summed E-state index contributed by atoms with van der Waals surface area (Å²) < 4.78 is 0. The second kappa shape index (κ2) is 6.07. The van der Waals surface area contributed by atoms with E-state index in [0.717, 1.165) is 26.2 Å². The molecule has 104 valence electrons. The fraction of sp³-hybridized carbons (Fsp3) is 0.545. The highest BCUT2D eigenvalue weighted by atomic mass is 32.2. The minimum Gasteiger partial charge on any atom is -0.383 e. The van der Waals surface area contributed by atoms with E-state index in [-0.39, 0.29) is 11.2 Å². The number of nitrogens with zero attached hydrogens (tertiary/aromatic N) is 3. The first-order valence-corrected chi connectivity index (χ1v) is 7.00. The van der Waals surface area contributed by atoms with Crippen LogP contribution < -0.4 is 16.8 Å². The molecule has 5 N–H and O–H groups in total. The molecule has 1 amide bonds. The molecule has 2 rings (SSSR count). The molecule has 1 aromatic heterocycles. The van der Waals surface area contributed by atoms with Crippen LogP contribution in [0.15, 0.2) is 11.2 Å². The molecule has 1 unspecified atom stereocenters. The fourth-order valence-electron chi connectivity index (χ4n) is 1.87. The number of anilines is 2. The van der Waals surface area contributed by atoms with E-state index in [9.17, 15) is 4.79 Å². The molecular weight excluding hydrogens is 264 g/mol. The maximum absolute atomic E-state index is 12.2. The van der Waals surface area contributed by atoms with E-state index in [1.54, 1.807) is 0 Å². The van der Waals surface area contributed by atoms with Crippen LogP contribution in [0, 0.1) is 0 Å². The Hall–Kier alpha value is -1.54. The summed E-state index contributed by atoms with van der Waals surface area (Å²) in [6.07, 6.45) is 0. The van der Waals surface area contributed by atoms with E-state index in [1.807, 2.05) is 11.8 Å². The Morgan fingerprint density at radius 3 is 2.53 bits per heavy atom. The van der Waals surface area contributed by atoms with Gasteiger partial charge in [-0.25, -0.2) is 9.97 Å². The zero-order chi connectivity index (χ0) is 13.8. The molecule has 1 aliphatic rings. The smallest absolute Gasteiger partial charge is 0.235 e. The van der Waals surface area contributed by atoms with E-state index in [2.05, 4.69) is 15.3 Å². The average Bonchev–Trinajstić information content (AvgIpc) is 2.37. The van der Waals surface area contributed by atoms with Gasteiger partial charge >= 0.3 is 0 Å². The average molecular weight is 282 g/mol. The lowest BCUT2D eigenvalue weighted by Crippen LogP contribution is -2.48. The van der Waals surface area contributed by atoms with Gasteiger partial charge in [-0.15, -0.1) is 0 Å². The van der Waals surface area contributed by atoms with Gasteiger partial charge in [0.1, 0.15) is 11.6 Å². The predicted molar refractivity (Wildman–Crippen MR) is 75.6 cm³/mol. The Bertz CT molecular complexity index is 442. The largest absolute Gasteiger partial charge is 0.383 e. The van der Waals surface area contributed by atoms with E-state index in [4.69, 9.17) is 11.5 Å². The number of aromatic nitrogens is 2. The maximum Gasteiger partial charge on any atom is 0.235 e. The van der Waals surface area contributed by atoms with E-state index < -0.39 is 0 Å². The van der Waals surface area contributed by atoms with Crippen LogP contribution in [0.4, 0.5) is 11.6 Å². The van der Waals surface area contributed by atoms with Crippen molar-refractivity contribution < 1.29 is 4.79 Å². The topological polar surface area (TPSA) is 110 Å². The lowest BCUT2D eigenvalue weighted by atomic mass is 10.3. The molecular formula is C11H18N6OS. The monoisotopic (exact) mass is 282 g/mol. The highest BCUT2D eigenvalue weighted by molar-refractivity contribution is 8.00. The number of hydrogen-bond donors (Lipinski definition) is 3. The first kappa shape index (κ1) is 13.9. The van der Waals surface area contributed by atoms with Gasteiger partial charge in [-0.05, 0) is 6.92 Å². The molecule has 0 radical (unpaired) electrons. The Kier molecular flexibility index (Phi) is 4.43.